The van der Waals surface area contributed by atoms with Crippen LogP contribution in [0.2, 0.25) is 15.1 Å². The summed E-state index contributed by atoms with van der Waals surface area (Å²) in [6.45, 7) is 2.35. The van der Waals surface area contributed by atoms with Crippen molar-refractivity contribution in [1.82, 2.24) is 5.16 Å². The monoisotopic (exact) mass is 928 g/mol. The molecule has 23 heteroatoms. The molecule has 5 rings (SSSR count). The molecule has 5 N–H and O–H groups in total. The highest BCUT2D eigenvalue weighted by Gasteiger charge is 2.34. The van der Waals surface area contributed by atoms with Crippen molar-refractivity contribution in [2.24, 2.45) is 5.73 Å². The molecule has 0 amide bonds. The number of carboxylic acid groups (broad SMARTS) is 2. The number of ketones is 1. The summed E-state index contributed by atoms with van der Waals surface area (Å²) in [4.78, 5) is 54.2. The topological polar surface area (TPSA) is 251 Å². The fraction of sp³-hybridized carbons (Fsp3) is 0.306. The van der Waals surface area contributed by atoms with E-state index in [0.717, 1.165) is 44.2 Å². The van der Waals surface area contributed by atoms with Crippen LogP contribution in [0.5, 0.6) is 11.5 Å². The SMILES string of the molecule is CP(=O)(O)CCC(N)C(=O)O.CS(=O)(=O)c1cc(Cl)ccc1C(=O)c1cnoc1C1CC1.C[C@H](OC(=O)c1cc(Oc2ccc(C(F)(F)F)cc2Cl)ccc1Cl)C(=O)O. The molecule has 2 unspecified atom stereocenters. The highest BCUT2D eigenvalue weighted by Crippen LogP contribution is 2.42. The van der Waals surface area contributed by atoms with E-state index in [9.17, 15) is 45.3 Å². The average molecular weight is 930 g/mol. The minimum atomic E-state index is -4.56. The average Bonchev–Trinajstić information content (AvgIpc) is 3.86. The molecule has 0 saturated heterocycles. The van der Waals surface area contributed by atoms with Gasteiger partial charge in [-0.2, -0.15) is 13.2 Å². The summed E-state index contributed by atoms with van der Waals surface area (Å²) in [7, 11) is -6.67. The molecule has 0 radical (unpaired) electrons. The van der Waals surface area contributed by atoms with Gasteiger partial charge in [-0.1, -0.05) is 40.0 Å². The first-order chi connectivity index (χ1) is 27.2. The van der Waals surface area contributed by atoms with E-state index in [1.54, 1.807) is 0 Å². The summed E-state index contributed by atoms with van der Waals surface area (Å²) in [6, 6.07) is 9.50. The maximum absolute atomic E-state index is 12.7. The van der Waals surface area contributed by atoms with E-state index < -0.39 is 64.8 Å². The Bertz CT molecular complexity index is 2370. The van der Waals surface area contributed by atoms with Gasteiger partial charge >= 0.3 is 24.1 Å². The number of rotatable bonds is 13. The fourth-order valence-corrected chi connectivity index (χ4v) is 6.89. The Kier molecular flexibility index (Phi) is 16.7. The number of carbonyl (C=O) groups is 4. The number of benzene rings is 3. The first-order valence-corrected chi connectivity index (χ1v) is 22.1. The van der Waals surface area contributed by atoms with Crippen LogP contribution in [0.4, 0.5) is 13.2 Å². The van der Waals surface area contributed by atoms with Crippen LogP contribution >= 0.6 is 42.2 Å². The quantitative estimate of drug-likeness (QED) is 0.0564. The number of nitrogens with zero attached hydrogens (tertiary/aromatic N) is 1. The van der Waals surface area contributed by atoms with Gasteiger partial charge in [0, 0.05) is 35.6 Å². The fourth-order valence-electron chi connectivity index (χ4n) is 4.58. The molecular weight excluding hydrogens is 895 g/mol. The first kappa shape index (κ1) is 48.9. The largest absolute Gasteiger partial charge is 0.480 e. The summed E-state index contributed by atoms with van der Waals surface area (Å²) < 4.78 is 87.6. The van der Waals surface area contributed by atoms with Crippen molar-refractivity contribution in [3.05, 3.63) is 104 Å². The summed E-state index contributed by atoms with van der Waals surface area (Å²) in [5, 5.41) is 20.7. The Labute approximate surface area is 349 Å². The number of sulfone groups is 1. The number of hydrogen-bond donors (Lipinski definition) is 4. The van der Waals surface area contributed by atoms with Crippen LogP contribution in [0.15, 0.2) is 70.2 Å². The molecular formula is C36H35Cl3F3N2O13PS. The van der Waals surface area contributed by atoms with E-state index in [1.165, 1.54) is 43.2 Å². The molecule has 1 saturated carbocycles. The van der Waals surface area contributed by atoms with Gasteiger partial charge in [0.1, 0.15) is 17.5 Å². The Morgan fingerprint density at radius 3 is 2.14 bits per heavy atom. The standard InChI is InChI=1S/C17H11Cl2F3O5.C14H12ClNO4S.C5H12NO4P/c1-8(15(23)24)26-16(25)11-7-10(3-4-12(11)18)27-14-5-2-9(6-13(14)19)17(20,21)22;1-21(18,19)12-6-9(15)4-5-10(12)13(17)11-7-16-20-14(11)8-2-3-8;1-11(9,10)3-2-4(6)5(7)8/h2-8H,1H3,(H,23,24);4-8H,2-3H2,1H3;4H,2-3,6H2,1H3,(H,7,8)(H,9,10)/t8-;;/m0../s1. The van der Waals surface area contributed by atoms with Gasteiger partial charge in [-0.15, -0.1) is 0 Å². The predicted molar refractivity (Wildman–Crippen MR) is 208 cm³/mol. The van der Waals surface area contributed by atoms with Gasteiger partial charge in [0.25, 0.3) is 0 Å². The van der Waals surface area contributed by atoms with E-state index in [0.29, 0.717) is 17.4 Å². The van der Waals surface area contributed by atoms with Crippen molar-refractivity contribution >= 4 is 75.7 Å². The van der Waals surface area contributed by atoms with Crippen molar-refractivity contribution < 1.29 is 74.4 Å². The zero-order valence-electron chi connectivity index (χ0n) is 30.9. The molecule has 3 atom stereocenters. The minimum Gasteiger partial charge on any atom is -0.480 e. The normalized spacial score (nSPS) is 14.6. The molecule has 0 aliphatic heterocycles. The molecule has 3 aromatic carbocycles. The maximum Gasteiger partial charge on any atom is 0.416 e. The molecule has 0 spiro atoms. The lowest BCUT2D eigenvalue weighted by Crippen LogP contribution is -2.30. The molecule has 1 aromatic heterocycles. The van der Waals surface area contributed by atoms with Gasteiger partial charge in [0.2, 0.25) is 0 Å². The molecule has 1 fully saturated rings. The smallest absolute Gasteiger partial charge is 0.416 e. The second-order valence-electron chi connectivity index (χ2n) is 12.9. The lowest BCUT2D eigenvalue weighted by Gasteiger charge is -2.13. The number of halogens is 6. The van der Waals surface area contributed by atoms with Crippen molar-refractivity contribution in [1.29, 1.82) is 0 Å². The Hall–Kier alpha value is -4.49. The minimum absolute atomic E-state index is 0.0246. The van der Waals surface area contributed by atoms with Crippen LogP contribution < -0.4 is 10.5 Å². The number of carbonyl (C=O) groups excluding carboxylic acids is 2. The summed E-state index contributed by atoms with van der Waals surface area (Å²) in [6.07, 6.45) is -1.66. The van der Waals surface area contributed by atoms with Crippen LogP contribution in [-0.4, -0.2) is 83.6 Å². The molecule has 59 heavy (non-hydrogen) atoms. The van der Waals surface area contributed by atoms with E-state index in [2.05, 4.69) is 5.16 Å². The molecule has 1 heterocycles. The number of aliphatic carboxylic acids is 2. The van der Waals surface area contributed by atoms with Gasteiger partial charge in [0.05, 0.1) is 37.8 Å². The van der Waals surface area contributed by atoms with E-state index in [-0.39, 0.29) is 61.1 Å². The number of alkyl halides is 3. The highest BCUT2D eigenvalue weighted by molar-refractivity contribution is 7.90. The molecule has 0 bridgehead atoms. The van der Waals surface area contributed by atoms with Gasteiger partial charge in [-0.3, -0.25) is 14.2 Å². The third-order valence-electron chi connectivity index (χ3n) is 7.83. The molecule has 320 valence electrons. The van der Waals surface area contributed by atoms with Crippen LogP contribution in [0, 0.1) is 0 Å². The number of carboxylic acids is 2. The van der Waals surface area contributed by atoms with Crippen LogP contribution in [0.25, 0.3) is 0 Å². The predicted octanol–water partition coefficient (Wildman–Crippen LogP) is 7.96. The molecule has 1 aliphatic carbocycles. The molecule has 1 aliphatic rings. The lowest BCUT2D eigenvalue weighted by molar-refractivity contribution is -0.146. The van der Waals surface area contributed by atoms with Gasteiger partial charge in [-0.25, -0.2) is 18.0 Å². The third kappa shape index (κ3) is 14.9. The van der Waals surface area contributed by atoms with Gasteiger partial charge in [-0.05, 0) is 80.8 Å². The van der Waals surface area contributed by atoms with Crippen molar-refractivity contribution in [3.63, 3.8) is 0 Å². The van der Waals surface area contributed by atoms with E-state index in [4.69, 9.17) is 69.6 Å². The zero-order chi connectivity index (χ0) is 44.6. The molecule has 4 aromatic rings. The van der Waals surface area contributed by atoms with Crippen molar-refractivity contribution in [2.45, 2.75) is 55.3 Å². The summed E-state index contributed by atoms with van der Waals surface area (Å²) in [5.74, 6) is -3.19. The van der Waals surface area contributed by atoms with E-state index in [1.807, 2.05) is 0 Å². The van der Waals surface area contributed by atoms with Crippen LogP contribution in [0.1, 0.15) is 69.7 Å². The number of hydrogen-bond acceptors (Lipinski definition) is 12. The van der Waals surface area contributed by atoms with Gasteiger partial charge in [0.15, 0.2) is 34.9 Å². The third-order valence-corrected chi connectivity index (χ3v) is 10.9. The highest BCUT2D eigenvalue weighted by atomic mass is 35.5. The Morgan fingerprint density at radius 2 is 1.61 bits per heavy atom. The molecule has 15 nitrogen and oxygen atoms in total. The zero-order valence-corrected chi connectivity index (χ0v) is 34.9. The van der Waals surface area contributed by atoms with E-state index >= 15 is 0 Å². The lowest BCUT2D eigenvalue weighted by atomic mass is 10.0. The van der Waals surface area contributed by atoms with Crippen molar-refractivity contribution in [3.8, 4) is 11.5 Å². The first-order valence-electron chi connectivity index (χ1n) is 16.7. The summed E-state index contributed by atoms with van der Waals surface area (Å²) >= 11 is 17.6. The van der Waals surface area contributed by atoms with Gasteiger partial charge < -0.3 is 34.8 Å². The Balaban J connectivity index is 0.000000258. The Morgan fingerprint density at radius 1 is 0.966 bits per heavy atom. The second kappa shape index (κ2) is 20.2. The number of aromatic nitrogens is 1. The number of esters is 1. The summed E-state index contributed by atoms with van der Waals surface area (Å²) in [5.41, 5.74) is 4.39. The van der Waals surface area contributed by atoms with Crippen LogP contribution in [0.3, 0.4) is 0 Å². The van der Waals surface area contributed by atoms with Crippen LogP contribution in [-0.2, 0) is 34.9 Å². The van der Waals surface area contributed by atoms with Crippen molar-refractivity contribution in [2.75, 3.05) is 19.1 Å². The number of nitrogens with two attached hydrogens (primary N) is 1. The maximum atomic E-state index is 12.7. The second-order valence-corrected chi connectivity index (χ2v) is 18.7. The number of ether oxygens (including phenoxy) is 2.